The van der Waals surface area contributed by atoms with Crippen LogP contribution in [0.1, 0.15) is 61.6 Å². The number of hydrogen-bond donors (Lipinski definition) is 1. The number of rotatable bonds is 6. The van der Waals surface area contributed by atoms with E-state index < -0.39 is 0 Å². The molecule has 1 aliphatic carbocycles. The van der Waals surface area contributed by atoms with Crippen molar-refractivity contribution in [1.29, 1.82) is 0 Å². The minimum Gasteiger partial charge on any atom is -0.493 e. The highest BCUT2D eigenvalue weighted by Gasteiger charge is 2.29. The zero-order chi connectivity index (χ0) is 14.7. The Kier molecular flexibility index (Phi) is 4.47. The van der Waals surface area contributed by atoms with Crippen LogP contribution in [0.3, 0.4) is 0 Å². The third kappa shape index (κ3) is 3.07. The smallest absolute Gasteiger partial charge is 0.220 e. The molecule has 114 valence electrons. The maximum atomic E-state index is 11.9. The zero-order valence-electron chi connectivity index (χ0n) is 12.9. The molecule has 0 fully saturated rings. The molecule has 1 amide bonds. The number of nitrogens with one attached hydrogen (secondary N) is 1. The second-order valence-corrected chi connectivity index (χ2v) is 6.19. The number of amides is 1. The molecule has 1 unspecified atom stereocenters. The van der Waals surface area contributed by atoms with Crippen LogP contribution < -0.4 is 10.1 Å². The summed E-state index contributed by atoms with van der Waals surface area (Å²) in [6, 6.07) is 4.35. The molecule has 1 heterocycles. The molecule has 1 aromatic carbocycles. The number of carbonyl (C=O) groups excluding carboxylic acids is 1. The van der Waals surface area contributed by atoms with Crippen LogP contribution in [-0.2, 0) is 17.6 Å². The van der Waals surface area contributed by atoms with Gasteiger partial charge in [0.1, 0.15) is 5.75 Å². The molecule has 1 aliphatic heterocycles. The monoisotopic (exact) mass is 287 g/mol. The maximum absolute atomic E-state index is 11.9. The Morgan fingerprint density at radius 1 is 1.38 bits per heavy atom. The number of unbranched alkanes of at least 4 members (excludes halogenated alkanes) is 1. The molecule has 0 bridgehead atoms. The first-order valence-corrected chi connectivity index (χ1v) is 8.33. The molecule has 3 nitrogen and oxygen atoms in total. The topological polar surface area (TPSA) is 38.3 Å². The lowest BCUT2D eigenvalue weighted by atomic mass is 9.91. The van der Waals surface area contributed by atoms with E-state index in [2.05, 4.69) is 24.4 Å². The zero-order valence-corrected chi connectivity index (χ0v) is 12.9. The second kappa shape index (κ2) is 6.50. The van der Waals surface area contributed by atoms with Crippen LogP contribution in [0, 0.1) is 0 Å². The summed E-state index contributed by atoms with van der Waals surface area (Å²) in [6.45, 7) is 3.78. The first kappa shape index (κ1) is 14.4. The highest BCUT2D eigenvalue weighted by Crippen LogP contribution is 2.43. The number of fused-ring (bicyclic) bond motifs is 3. The van der Waals surface area contributed by atoms with Crippen LogP contribution in [0.4, 0.5) is 0 Å². The lowest BCUT2D eigenvalue weighted by Gasteiger charge is -2.14. The fourth-order valence-electron chi connectivity index (χ4n) is 3.64. The maximum Gasteiger partial charge on any atom is 0.220 e. The van der Waals surface area contributed by atoms with Gasteiger partial charge >= 0.3 is 0 Å². The van der Waals surface area contributed by atoms with Crippen molar-refractivity contribution in [3.63, 3.8) is 0 Å². The molecule has 0 saturated carbocycles. The van der Waals surface area contributed by atoms with Crippen molar-refractivity contribution in [2.24, 2.45) is 0 Å². The molecule has 2 aliphatic rings. The van der Waals surface area contributed by atoms with Crippen molar-refractivity contribution in [3.8, 4) is 5.75 Å². The third-order valence-corrected chi connectivity index (χ3v) is 4.76. The van der Waals surface area contributed by atoms with Gasteiger partial charge in [0.2, 0.25) is 5.91 Å². The fraction of sp³-hybridized carbons (Fsp3) is 0.611. The Morgan fingerprint density at radius 3 is 3.14 bits per heavy atom. The Labute approximate surface area is 127 Å². The average molecular weight is 287 g/mol. The van der Waals surface area contributed by atoms with Gasteiger partial charge < -0.3 is 10.1 Å². The second-order valence-electron chi connectivity index (χ2n) is 6.19. The van der Waals surface area contributed by atoms with E-state index in [-0.39, 0.29) is 5.91 Å². The first-order valence-electron chi connectivity index (χ1n) is 8.33. The lowest BCUT2D eigenvalue weighted by Crippen LogP contribution is -2.24. The number of hydrogen-bond acceptors (Lipinski definition) is 2. The number of carbonyl (C=O) groups is 1. The van der Waals surface area contributed by atoms with E-state index in [1.165, 1.54) is 23.1 Å². The summed E-state index contributed by atoms with van der Waals surface area (Å²) in [5.41, 5.74) is 4.41. The largest absolute Gasteiger partial charge is 0.493 e. The predicted octanol–water partition coefficient (Wildman–Crippen LogP) is 3.35. The summed E-state index contributed by atoms with van der Waals surface area (Å²) in [7, 11) is 0. The summed E-state index contributed by atoms with van der Waals surface area (Å²) in [5.74, 6) is 1.84. The Hall–Kier alpha value is -1.51. The first-order chi connectivity index (χ1) is 10.3. The van der Waals surface area contributed by atoms with Gasteiger partial charge in [0, 0.05) is 24.9 Å². The predicted molar refractivity (Wildman–Crippen MR) is 83.9 cm³/mol. The van der Waals surface area contributed by atoms with E-state index in [0.29, 0.717) is 12.3 Å². The summed E-state index contributed by atoms with van der Waals surface area (Å²) in [6.07, 6.45) is 7.21. The molecule has 21 heavy (non-hydrogen) atoms. The van der Waals surface area contributed by atoms with E-state index >= 15 is 0 Å². The molecule has 0 saturated heterocycles. The van der Waals surface area contributed by atoms with Gasteiger partial charge in [-0.2, -0.15) is 0 Å². The van der Waals surface area contributed by atoms with Crippen molar-refractivity contribution < 1.29 is 9.53 Å². The van der Waals surface area contributed by atoms with E-state index in [1.54, 1.807) is 0 Å². The standard InChI is InChI=1S/C18H25NO2/c1-2-3-11-19-17(20)9-7-14-5-4-13-6-8-16-15(18(13)14)10-12-21-16/h6,8,14H,2-5,7,9-12H2,1H3,(H,19,20). The van der Waals surface area contributed by atoms with Gasteiger partial charge in [-0.25, -0.2) is 0 Å². The molecule has 1 atom stereocenters. The average Bonchev–Trinajstić information content (AvgIpc) is 3.11. The van der Waals surface area contributed by atoms with Gasteiger partial charge in [-0.1, -0.05) is 19.4 Å². The van der Waals surface area contributed by atoms with Crippen LogP contribution in [-0.4, -0.2) is 19.1 Å². The molecule has 1 N–H and O–H groups in total. The highest BCUT2D eigenvalue weighted by molar-refractivity contribution is 5.75. The Bertz CT molecular complexity index is 524. The van der Waals surface area contributed by atoms with Gasteiger partial charge in [0.25, 0.3) is 0 Å². The summed E-state index contributed by atoms with van der Waals surface area (Å²) in [5, 5.41) is 3.02. The minimum absolute atomic E-state index is 0.209. The summed E-state index contributed by atoms with van der Waals surface area (Å²) < 4.78 is 5.68. The lowest BCUT2D eigenvalue weighted by molar-refractivity contribution is -0.121. The Morgan fingerprint density at radius 2 is 2.29 bits per heavy atom. The Balaban J connectivity index is 1.60. The quantitative estimate of drug-likeness (QED) is 0.815. The van der Waals surface area contributed by atoms with Crippen LogP contribution in [0.25, 0.3) is 0 Å². The van der Waals surface area contributed by atoms with Gasteiger partial charge in [-0.05, 0) is 48.8 Å². The van der Waals surface area contributed by atoms with Gasteiger partial charge in [0.15, 0.2) is 0 Å². The van der Waals surface area contributed by atoms with E-state index in [4.69, 9.17) is 4.74 Å². The molecular formula is C18H25NO2. The molecule has 3 rings (SSSR count). The van der Waals surface area contributed by atoms with E-state index in [9.17, 15) is 4.79 Å². The summed E-state index contributed by atoms with van der Waals surface area (Å²) >= 11 is 0. The fourth-order valence-corrected chi connectivity index (χ4v) is 3.64. The SMILES string of the molecule is CCCCNC(=O)CCC1CCc2ccc3c(c21)CCO3. The highest BCUT2D eigenvalue weighted by atomic mass is 16.5. The van der Waals surface area contributed by atoms with Crippen molar-refractivity contribution in [2.45, 2.75) is 57.8 Å². The molecule has 0 aromatic heterocycles. The van der Waals surface area contributed by atoms with Crippen LogP contribution in [0.5, 0.6) is 5.75 Å². The molecule has 0 spiro atoms. The molecule has 0 radical (unpaired) electrons. The number of aryl methyl sites for hydroxylation is 1. The van der Waals surface area contributed by atoms with E-state index in [1.807, 2.05) is 0 Å². The van der Waals surface area contributed by atoms with Crippen LogP contribution in [0.15, 0.2) is 12.1 Å². The third-order valence-electron chi connectivity index (χ3n) is 4.76. The summed E-state index contributed by atoms with van der Waals surface area (Å²) in [4.78, 5) is 11.9. The van der Waals surface area contributed by atoms with E-state index in [0.717, 1.165) is 51.0 Å². The minimum atomic E-state index is 0.209. The van der Waals surface area contributed by atoms with Crippen LogP contribution >= 0.6 is 0 Å². The van der Waals surface area contributed by atoms with Gasteiger partial charge in [-0.15, -0.1) is 0 Å². The molecule has 1 aromatic rings. The molecular weight excluding hydrogens is 262 g/mol. The van der Waals surface area contributed by atoms with Gasteiger partial charge in [-0.3, -0.25) is 4.79 Å². The normalized spacial score (nSPS) is 19.0. The van der Waals surface area contributed by atoms with Crippen LogP contribution in [0.2, 0.25) is 0 Å². The number of benzene rings is 1. The van der Waals surface area contributed by atoms with Crippen molar-refractivity contribution in [1.82, 2.24) is 5.32 Å². The van der Waals surface area contributed by atoms with Gasteiger partial charge in [0.05, 0.1) is 6.61 Å². The molecule has 3 heteroatoms. The van der Waals surface area contributed by atoms with Crippen molar-refractivity contribution >= 4 is 5.91 Å². The number of ether oxygens (including phenoxy) is 1. The van der Waals surface area contributed by atoms with Crippen molar-refractivity contribution in [3.05, 3.63) is 28.8 Å². The van der Waals surface area contributed by atoms with Crippen molar-refractivity contribution in [2.75, 3.05) is 13.2 Å².